The van der Waals surface area contributed by atoms with Gasteiger partial charge < -0.3 is 9.47 Å². The maximum Gasteiger partial charge on any atom is 0.254 e. The van der Waals surface area contributed by atoms with Gasteiger partial charge in [0.25, 0.3) is 5.91 Å². The average Bonchev–Trinajstić information content (AvgIpc) is 3.10. The van der Waals surface area contributed by atoms with Gasteiger partial charge >= 0.3 is 0 Å². The van der Waals surface area contributed by atoms with Gasteiger partial charge in [0.1, 0.15) is 11.6 Å². The minimum absolute atomic E-state index is 0.180. The lowest BCUT2D eigenvalue weighted by molar-refractivity contribution is 0.0715. The molecule has 3 rings (SSSR count). The van der Waals surface area contributed by atoms with Crippen molar-refractivity contribution in [1.82, 2.24) is 14.5 Å². The maximum atomic E-state index is 13.7. The van der Waals surface area contributed by atoms with Gasteiger partial charge in [-0.25, -0.2) is 9.37 Å². The summed E-state index contributed by atoms with van der Waals surface area (Å²) in [7, 11) is 0. The van der Waals surface area contributed by atoms with Crippen LogP contribution in [0.15, 0.2) is 48.8 Å². The zero-order valence-electron chi connectivity index (χ0n) is 18.4. The normalized spacial score (nSPS) is 11.2. The molecule has 0 fully saturated rings. The fourth-order valence-corrected chi connectivity index (χ4v) is 3.90. The van der Waals surface area contributed by atoms with Crippen molar-refractivity contribution in [3.63, 3.8) is 0 Å². The largest absolute Gasteiger partial charge is 0.331 e. The van der Waals surface area contributed by atoms with E-state index in [1.807, 2.05) is 6.20 Å². The zero-order valence-corrected chi connectivity index (χ0v) is 18.4. The molecule has 0 aliphatic carbocycles. The molecule has 0 N–H and O–H groups in total. The fourth-order valence-electron chi connectivity index (χ4n) is 3.90. The first-order chi connectivity index (χ1) is 14.2. The van der Waals surface area contributed by atoms with E-state index >= 15 is 0 Å². The summed E-state index contributed by atoms with van der Waals surface area (Å²) < 4.78 is 15.7. The molecule has 1 heterocycles. The highest BCUT2D eigenvalue weighted by atomic mass is 19.1. The molecule has 4 nitrogen and oxygen atoms in total. The third-order valence-electron chi connectivity index (χ3n) is 5.25. The summed E-state index contributed by atoms with van der Waals surface area (Å²) in [5, 5.41) is 0. The summed E-state index contributed by atoms with van der Waals surface area (Å²) >= 11 is 0. The molecule has 30 heavy (non-hydrogen) atoms. The SMILES string of the molecule is Cc1cc(C)c(Cn2ccnc2CN(CC(C)C)C(=O)c2cccc(F)c2)c(C)c1. The molecule has 1 aromatic heterocycles. The average molecular weight is 408 g/mol. The molecule has 158 valence electrons. The quantitative estimate of drug-likeness (QED) is 0.533. The smallest absolute Gasteiger partial charge is 0.254 e. The number of rotatable bonds is 7. The van der Waals surface area contributed by atoms with Gasteiger partial charge in [0, 0.05) is 31.0 Å². The van der Waals surface area contributed by atoms with Crippen LogP contribution in [0, 0.1) is 32.5 Å². The van der Waals surface area contributed by atoms with Gasteiger partial charge in [-0.15, -0.1) is 0 Å². The highest BCUT2D eigenvalue weighted by Gasteiger charge is 2.20. The third kappa shape index (κ3) is 5.15. The standard InChI is InChI=1S/C25H30FN3O/c1-17(2)14-29(25(30)21-7-6-8-22(26)13-21)16-24-27-9-10-28(24)15-23-19(4)11-18(3)12-20(23)5/h6-13,17H,14-16H2,1-5H3. The van der Waals surface area contributed by atoms with E-state index in [2.05, 4.69) is 56.3 Å². The Balaban J connectivity index is 1.86. The van der Waals surface area contributed by atoms with Gasteiger partial charge in [-0.1, -0.05) is 37.6 Å². The van der Waals surface area contributed by atoms with Gasteiger partial charge in [-0.05, 0) is 61.6 Å². The number of aryl methyl sites for hydroxylation is 3. The number of carbonyl (C=O) groups excluding carboxylic acids is 1. The second-order valence-corrected chi connectivity index (χ2v) is 8.44. The maximum absolute atomic E-state index is 13.7. The van der Waals surface area contributed by atoms with E-state index in [4.69, 9.17) is 0 Å². The molecule has 0 radical (unpaired) electrons. The van der Waals surface area contributed by atoms with Crippen molar-refractivity contribution >= 4 is 5.91 Å². The van der Waals surface area contributed by atoms with E-state index in [1.165, 1.54) is 34.4 Å². The first-order valence-electron chi connectivity index (χ1n) is 10.4. The molecule has 0 atom stereocenters. The molecule has 0 bridgehead atoms. The van der Waals surface area contributed by atoms with Gasteiger partial charge in [0.15, 0.2) is 0 Å². The molecule has 3 aromatic rings. The molecular formula is C25H30FN3O. The van der Waals surface area contributed by atoms with Crippen molar-refractivity contribution in [2.45, 2.75) is 47.7 Å². The first-order valence-corrected chi connectivity index (χ1v) is 10.4. The molecular weight excluding hydrogens is 377 g/mol. The van der Waals surface area contributed by atoms with Crippen molar-refractivity contribution in [1.29, 1.82) is 0 Å². The highest BCUT2D eigenvalue weighted by molar-refractivity contribution is 5.94. The molecule has 0 spiro atoms. The van der Waals surface area contributed by atoms with Crippen molar-refractivity contribution in [2.24, 2.45) is 5.92 Å². The molecule has 5 heteroatoms. The summed E-state index contributed by atoms with van der Waals surface area (Å²) in [5.74, 6) is 0.518. The predicted octanol–water partition coefficient (Wildman–Crippen LogP) is 5.29. The van der Waals surface area contributed by atoms with Crippen LogP contribution in [0.4, 0.5) is 4.39 Å². The lowest BCUT2D eigenvalue weighted by atomic mass is 10.00. The second kappa shape index (κ2) is 9.24. The van der Waals surface area contributed by atoms with Crippen LogP contribution in [0.2, 0.25) is 0 Å². The Morgan fingerprint density at radius 2 is 1.83 bits per heavy atom. The van der Waals surface area contributed by atoms with Crippen molar-refractivity contribution in [2.75, 3.05) is 6.54 Å². The van der Waals surface area contributed by atoms with Crippen molar-refractivity contribution in [3.05, 3.63) is 88.3 Å². The van der Waals surface area contributed by atoms with Crippen LogP contribution in [0.5, 0.6) is 0 Å². The van der Waals surface area contributed by atoms with Crippen LogP contribution in [-0.2, 0) is 13.1 Å². The second-order valence-electron chi connectivity index (χ2n) is 8.44. The number of hydrogen-bond donors (Lipinski definition) is 0. The molecule has 0 aliphatic heterocycles. The van der Waals surface area contributed by atoms with Gasteiger partial charge in [-0.2, -0.15) is 0 Å². The summed E-state index contributed by atoms with van der Waals surface area (Å²) in [6.45, 7) is 12.2. The van der Waals surface area contributed by atoms with Crippen molar-refractivity contribution in [3.8, 4) is 0 Å². The third-order valence-corrected chi connectivity index (χ3v) is 5.25. The predicted molar refractivity (Wildman–Crippen MR) is 118 cm³/mol. The Kier molecular flexibility index (Phi) is 6.70. The topological polar surface area (TPSA) is 38.1 Å². The van der Waals surface area contributed by atoms with Crippen molar-refractivity contribution < 1.29 is 9.18 Å². The number of imidazole rings is 1. The Labute approximate surface area is 178 Å². The van der Waals surface area contributed by atoms with Crippen LogP contribution in [-0.4, -0.2) is 26.9 Å². The van der Waals surface area contributed by atoms with E-state index in [1.54, 1.807) is 23.2 Å². The van der Waals surface area contributed by atoms with E-state index in [-0.39, 0.29) is 11.8 Å². The highest BCUT2D eigenvalue weighted by Crippen LogP contribution is 2.19. The lowest BCUT2D eigenvalue weighted by Crippen LogP contribution is -2.34. The Hall–Kier alpha value is -2.95. The minimum Gasteiger partial charge on any atom is -0.331 e. The number of nitrogens with zero attached hydrogens (tertiary/aromatic N) is 3. The molecule has 0 aliphatic rings. The number of benzene rings is 2. The van der Waals surface area contributed by atoms with E-state index < -0.39 is 5.82 Å². The molecule has 1 amide bonds. The summed E-state index contributed by atoms with van der Waals surface area (Å²) in [6.07, 6.45) is 3.72. The molecule has 0 unspecified atom stereocenters. The van der Waals surface area contributed by atoms with Crippen LogP contribution < -0.4 is 0 Å². The van der Waals surface area contributed by atoms with E-state index in [9.17, 15) is 9.18 Å². The van der Waals surface area contributed by atoms with Gasteiger partial charge in [-0.3, -0.25) is 4.79 Å². The van der Waals surface area contributed by atoms with E-state index in [0.29, 0.717) is 25.2 Å². The number of aromatic nitrogens is 2. The van der Waals surface area contributed by atoms with Crippen LogP contribution >= 0.6 is 0 Å². The lowest BCUT2D eigenvalue weighted by Gasteiger charge is -2.25. The number of halogens is 1. The number of amides is 1. The molecule has 0 saturated heterocycles. The Morgan fingerprint density at radius 1 is 1.13 bits per heavy atom. The number of carbonyl (C=O) groups is 1. The summed E-state index contributed by atoms with van der Waals surface area (Å²) in [5.41, 5.74) is 5.39. The first kappa shape index (κ1) is 21.8. The monoisotopic (exact) mass is 407 g/mol. The minimum atomic E-state index is -0.405. The van der Waals surface area contributed by atoms with Crippen LogP contribution in [0.1, 0.15) is 52.3 Å². The van der Waals surface area contributed by atoms with Crippen LogP contribution in [0.25, 0.3) is 0 Å². The molecule has 0 saturated carbocycles. The van der Waals surface area contributed by atoms with Gasteiger partial charge in [0.05, 0.1) is 6.54 Å². The van der Waals surface area contributed by atoms with Crippen LogP contribution in [0.3, 0.4) is 0 Å². The van der Waals surface area contributed by atoms with Gasteiger partial charge in [0.2, 0.25) is 0 Å². The zero-order chi connectivity index (χ0) is 21.8. The Bertz CT molecular complexity index is 1020. The summed E-state index contributed by atoms with van der Waals surface area (Å²) in [6, 6.07) is 10.3. The Morgan fingerprint density at radius 3 is 2.47 bits per heavy atom. The van der Waals surface area contributed by atoms with E-state index in [0.717, 1.165) is 5.82 Å². The fraction of sp³-hybridized carbons (Fsp3) is 0.360. The number of hydrogen-bond acceptors (Lipinski definition) is 2. The summed E-state index contributed by atoms with van der Waals surface area (Å²) in [4.78, 5) is 19.4. The molecule has 2 aromatic carbocycles.